The quantitative estimate of drug-likeness (QED) is 0.142. The Hall–Kier alpha value is -0.240. The van der Waals surface area contributed by atoms with Crippen LogP contribution in [-0.2, 0) is 6.54 Å². The minimum atomic E-state index is 0. The smallest absolute Gasteiger partial charge is 0.104 e. The molecular weight excluding hydrogens is 409 g/mol. The summed E-state index contributed by atoms with van der Waals surface area (Å²) in [6.45, 7) is 4.75. The van der Waals surface area contributed by atoms with E-state index >= 15 is 0 Å². The minimum Gasteiger partial charge on any atom is -0.325 e. The van der Waals surface area contributed by atoms with Gasteiger partial charge in [-0.05, 0) is 12.8 Å². The third kappa shape index (κ3) is 19.7. The predicted molar refractivity (Wildman–Crippen MR) is 141 cm³/mol. The molecule has 0 aliphatic rings. The monoisotopic (exact) mass is 460 g/mol. The van der Waals surface area contributed by atoms with Crippen LogP contribution in [0.15, 0.2) is 30.3 Å². The molecule has 0 bridgehead atoms. The van der Waals surface area contributed by atoms with Crippen molar-refractivity contribution in [2.24, 2.45) is 0 Å². The zero-order chi connectivity index (χ0) is 20.3. The molecule has 1 aromatic carbocycles. The SMILES string of the molecule is CCCCCCCCCCCCCCCCCC[N+](C)(C)Cc1ccccc1.Cl.Cl. The molecule has 3 heteroatoms. The molecule has 178 valence electrons. The number of halogens is 2. The largest absolute Gasteiger partial charge is 0.325 e. The fraction of sp³-hybridized carbons (Fsp3) is 0.778. The first-order valence-corrected chi connectivity index (χ1v) is 12.5. The predicted octanol–water partition coefficient (Wildman–Crippen LogP) is 9.37. The molecule has 0 saturated heterocycles. The van der Waals surface area contributed by atoms with E-state index < -0.39 is 0 Å². The van der Waals surface area contributed by atoms with Gasteiger partial charge in [0.15, 0.2) is 0 Å². The van der Waals surface area contributed by atoms with Crippen molar-refractivity contribution >= 4 is 24.8 Å². The third-order valence-electron chi connectivity index (χ3n) is 6.07. The zero-order valence-corrected chi connectivity index (χ0v) is 22.0. The van der Waals surface area contributed by atoms with Gasteiger partial charge in [-0.2, -0.15) is 0 Å². The van der Waals surface area contributed by atoms with Gasteiger partial charge in [0.25, 0.3) is 0 Å². The molecule has 0 unspecified atom stereocenters. The van der Waals surface area contributed by atoms with E-state index in [4.69, 9.17) is 0 Å². The topological polar surface area (TPSA) is 0 Å². The van der Waals surface area contributed by atoms with Crippen LogP contribution in [0.5, 0.6) is 0 Å². The number of unbranched alkanes of at least 4 members (excludes halogenated alkanes) is 15. The van der Waals surface area contributed by atoms with Crippen molar-refractivity contribution in [3.05, 3.63) is 35.9 Å². The van der Waals surface area contributed by atoms with E-state index in [0.29, 0.717) is 0 Å². The molecule has 0 saturated carbocycles. The Morgan fingerprint density at radius 3 is 1.30 bits per heavy atom. The molecule has 0 N–H and O–H groups in total. The van der Waals surface area contributed by atoms with Crippen LogP contribution < -0.4 is 0 Å². The van der Waals surface area contributed by atoms with Gasteiger partial charge in [0, 0.05) is 5.56 Å². The Balaban J connectivity index is 0. The maximum Gasteiger partial charge on any atom is 0.104 e. The molecule has 30 heavy (non-hydrogen) atoms. The molecule has 0 aliphatic heterocycles. The fourth-order valence-corrected chi connectivity index (χ4v) is 4.24. The molecule has 0 aliphatic carbocycles. The fourth-order valence-electron chi connectivity index (χ4n) is 4.24. The highest BCUT2D eigenvalue weighted by molar-refractivity contribution is 5.85. The number of rotatable bonds is 19. The van der Waals surface area contributed by atoms with Crippen molar-refractivity contribution < 1.29 is 4.48 Å². The van der Waals surface area contributed by atoms with Gasteiger partial charge in [0.05, 0.1) is 20.6 Å². The van der Waals surface area contributed by atoms with Gasteiger partial charge in [-0.25, -0.2) is 0 Å². The van der Waals surface area contributed by atoms with Gasteiger partial charge < -0.3 is 4.48 Å². The molecule has 0 aromatic heterocycles. The van der Waals surface area contributed by atoms with Crippen LogP contribution in [0.4, 0.5) is 0 Å². The van der Waals surface area contributed by atoms with Gasteiger partial charge in [-0.1, -0.05) is 127 Å². The summed E-state index contributed by atoms with van der Waals surface area (Å²) < 4.78 is 1.11. The highest BCUT2D eigenvalue weighted by Crippen LogP contribution is 2.15. The van der Waals surface area contributed by atoms with E-state index in [1.165, 1.54) is 115 Å². The summed E-state index contributed by atoms with van der Waals surface area (Å²) in [6, 6.07) is 10.9. The van der Waals surface area contributed by atoms with Gasteiger partial charge in [-0.15, -0.1) is 24.8 Å². The summed E-state index contributed by atoms with van der Waals surface area (Å²) in [4.78, 5) is 0. The van der Waals surface area contributed by atoms with Crippen LogP contribution in [0.25, 0.3) is 0 Å². The molecular formula is C27H52Cl2N+. The standard InChI is InChI=1S/C27H50N.2ClH/c1-4-5-6-7-8-9-10-11-12-13-14-15-16-17-18-22-25-28(2,3)26-27-23-20-19-21-24-27;;/h19-21,23-24H,4-18,22,25-26H2,1-3H3;2*1H/q+1;;. The van der Waals surface area contributed by atoms with E-state index in [2.05, 4.69) is 51.4 Å². The summed E-state index contributed by atoms with van der Waals surface area (Å²) in [5.74, 6) is 0. The van der Waals surface area contributed by atoms with Crippen LogP contribution in [0.2, 0.25) is 0 Å². The molecule has 0 heterocycles. The Morgan fingerprint density at radius 1 is 0.533 bits per heavy atom. The Bertz CT molecular complexity index is 447. The molecule has 1 aromatic rings. The summed E-state index contributed by atoms with van der Waals surface area (Å²) in [5.41, 5.74) is 1.46. The Morgan fingerprint density at radius 2 is 0.900 bits per heavy atom. The van der Waals surface area contributed by atoms with Crippen molar-refractivity contribution in [2.45, 2.75) is 116 Å². The van der Waals surface area contributed by atoms with Crippen LogP contribution in [-0.4, -0.2) is 25.1 Å². The second-order valence-electron chi connectivity index (χ2n) is 9.61. The molecule has 0 fully saturated rings. The summed E-state index contributed by atoms with van der Waals surface area (Å²) in [6.07, 6.45) is 23.2. The molecule has 0 radical (unpaired) electrons. The van der Waals surface area contributed by atoms with Gasteiger partial charge in [-0.3, -0.25) is 0 Å². The molecule has 0 atom stereocenters. The number of hydrogen-bond donors (Lipinski definition) is 0. The third-order valence-corrected chi connectivity index (χ3v) is 6.07. The average molecular weight is 462 g/mol. The van der Waals surface area contributed by atoms with Crippen LogP contribution in [0, 0.1) is 0 Å². The number of nitrogens with zero attached hydrogens (tertiary/aromatic N) is 1. The second-order valence-corrected chi connectivity index (χ2v) is 9.61. The van der Waals surface area contributed by atoms with E-state index in [9.17, 15) is 0 Å². The lowest BCUT2D eigenvalue weighted by atomic mass is 10.0. The lowest BCUT2D eigenvalue weighted by Gasteiger charge is -2.30. The minimum absolute atomic E-state index is 0. The summed E-state index contributed by atoms with van der Waals surface area (Å²) >= 11 is 0. The number of benzene rings is 1. The highest BCUT2D eigenvalue weighted by atomic mass is 35.5. The van der Waals surface area contributed by atoms with Crippen LogP contribution >= 0.6 is 24.8 Å². The zero-order valence-electron chi connectivity index (χ0n) is 20.4. The van der Waals surface area contributed by atoms with E-state index in [1.807, 2.05) is 0 Å². The van der Waals surface area contributed by atoms with Crippen molar-refractivity contribution in [3.8, 4) is 0 Å². The maximum absolute atomic E-state index is 2.37. The van der Waals surface area contributed by atoms with E-state index in [0.717, 1.165) is 11.0 Å². The van der Waals surface area contributed by atoms with Gasteiger partial charge >= 0.3 is 0 Å². The van der Waals surface area contributed by atoms with Crippen LogP contribution in [0.1, 0.15) is 115 Å². The van der Waals surface area contributed by atoms with Crippen molar-refractivity contribution in [2.75, 3.05) is 20.6 Å². The Kier molecular flexibility index (Phi) is 23.4. The average Bonchev–Trinajstić information content (AvgIpc) is 2.68. The first-order chi connectivity index (χ1) is 13.6. The highest BCUT2D eigenvalue weighted by Gasteiger charge is 2.14. The number of quaternary nitrogens is 1. The van der Waals surface area contributed by atoms with E-state index in [-0.39, 0.29) is 24.8 Å². The lowest BCUT2D eigenvalue weighted by molar-refractivity contribution is -0.903. The number of hydrogen-bond acceptors (Lipinski definition) is 0. The van der Waals surface area contributed by atoms with Crippen molar-refractivity contribution in [1.29, 1.82) is 0 Å². The van der Waals surface area contributed by atoms with Crippen molar-refractivity contribution in [3.63, 3.8) is 0 Å². The molecule has 1 nitrogen and oxygen atoms in total. The van der Waals surface area contributed by atoms with Crippen molar-refractivity contribution in [1.82, 2.24) is 0 Å². The maximum atomic E-state index is 2.37. The molecule has 1 rings (SSSR count). The normalized spacial score (nSPS) is 11.0. The van der Waals surface area contributed by atoms with E-state index in [1.54, 1.807) is 0 Å². The molecule has 0 amide bonds. The molecule has 0 spiro atoms. The Labute approximate surface area is 201 Å². The van der Waals surface area contributed by atoms with Crippen LogP contribution in [0.3, 0.4) is 0 Å². The first kappa shape index (κ1) is 31.9. The van der Waals surface area contributed by atoms with Gasteiger partial charge in [0.2, 0.25) is 0 Å². The first-order valence-electron chi connectivity index (χ1n) is 12.5. The van der Waals surface area contributed by atoms with Gasteiger partial charge in [0.1, 0.15) is 6.54 Å². The summed E-state index contributed by atoms with van der Waals surface area (Å²) in [7, 11) is 4.75. The summed E-state index contributed by atoms with van der Waals surface area (Å²) in [5, 5.41) is 0. The second kappa shape index (κ2) is 22.0. The lowest BCUT2D eigenvalue weighted by Crippen LogP contribution is -2.39.